The van der Waals surface area contributed by atoms with E-state index in [4.69, 9.17) is 15.6 Å². The van der Waals surface area contributed by atoms with Crippen LogP contribution in [0.1, 0.15) is 17.2 Å². The van der Waals surface area contributed by atoms with E-state index < -0.39 is 18.8 Å². The lowest BCUT2D eigenvalue weighted by atomic mass is 9.98. The molecule has 0 aliphatic heterocycles. The van der Waals surface area contributed by atoms with E-state index >= 15 is 0 Å². The van der Waals surface area contributed by atoms with Crippen molar-refractivity contribution < 1.29 is 14.2 Å². The summed E-state index contributed by atoms with van der Waals surface area (Å²) in [4.78, 5) is 0. The summed E-state index contributed by atoms with van der Waals surface area (Å²) >= 11 is 0. The summed E-state index contributed by atoms with van der Waals surface area (Å²) in [5, 5.41) is 9.04. The molecular formula is C17H20FNO2. The molecular weight excluding hydrogens is 269 g/mol. The van der Waals surface area contributed by atoms with E-state index in [1.807, 2.05) is 48.5 Å². The van der Waals surface area contributed by atoms with E-state index in [-0.39, 0.29) is 6.61 Å². The summed E-state index contributed by atoms with van der Waals surface area (Å²) in [6, 6.07) is 14.8. The van der Waals surface area contributed by atoms with Gasteiger partial charge in [0, 0.05) is 7.11 Å². The Labute approximate surface area is 124 Å². The predicted octanol–water partition coefficient (Wildman–Crippen LogP) is 2.83. The second kappa shape index (κ2) is 7.31. The zero-order valence-electron chi connectivity index (χ0n) is 12.0. The summed E-state index contributed by atoms with van der Waals surface area (Å²) in [6.45, 7) is -0.585. The maximum atomic E-state index is 12.7. The molecule has 0 radical (unpaired) electrons. The molecule has 3 nitrogen and oxygen atoms in total. The van der Waals surface area contributed by atoms with Crippen molar-refractivity contribution in [3.63, 3.8) is 0 Å². The van der Waals surface area contributed by atoms with Crippen LogP contribution in [0.25, 0.3) is 11.1 Å². The van der Waals surface area contributed by atoms with Crippen LogP contribution in [0.15, 0.2) is 48.5 Å². The zero-order valence-corrected chi connectivity index (χ0v) is 12.0. The molecule has 0 aromatic heterocycles. The van der Waals surface area contributed by atoms with Crippen molar-refractivity contribution in [1.29, 1.82) is 0 Å². The van der Waals surface area contributed by atoms with Gasteiger partial charge in [0.1, 0.15) is 6.67 Å². The highest BCUT2D eigenvalue weighted by Crippen LogP contribution is 2.25. The fraction of sp³-hybridized carbons (Fsp3) is 0.294. The molecule has 0 spiro atoms. The fourth-order valence-electron chi connectivity index (χ4n) is 2.31. The van der Waals surface area contributed by atoms with Crippen LogP contribution in [0.4, 0.5) is 4.39 Å². The molecule has 2 aromatic rings. The maximum absolute atomic E-state index is 12.7. The van der Waals surface area contributed by atoms with Crippen molar-refractivity contribution >= 4 is 0 Å². The first-order chi connectivity index (χ1) is 10.2. The standard InChI is InChI=1S/C17H20FNO2/c1-21-17(16(19)10-18)15-8-6-14(7-9-15)13-4-2-12(11-20)3-5-13/h2-9,16-17,20H,10-11,19H2,1H3/t16-,17-/m1/s1. The lowest BCUT2D eigenvalue weighted by Crippen LogP contribution is -2.31. The number of nitrogens with two attached hydrogens (primary N) is 1. The van der Waals surface area contributed by atoms with Crippen LogP contribution in [0, 0.1) is 0 Å². The van der Waals surface area contributed by atoms with E-state index in [0.717, 1.165) is 22.3 Å². The van der Waals surface area contributed by atoms with Gasteiger partial charge in [-0.2, -0.15) is 0 Å². The highest BCUT2D eigenvalue weighted by atomic mass is 19.1. The normalized spacial score (nSPS) is 13.9. The largest absolute Gasteiger partial charge is 0.392 e. The molecule has 112 valence electrons. The number of aliphatic hydroxyl groups is 1. The van der Waals surface area contributed by atoms with Crippen molar-refractivity contribution in [3.8, 4) is 11.1 Å². The molecule has 2 aromatic carbocycles. The van der Waals surface area contributed by atoms with Crippen LogP contribution < -0.4 is 5.73 Å². The summed E-state index contributed by atoms with van der Waals surface area (Å²) in [7, 11) is 1.53. The average molecular weight is 289 g/mol. The van der Waals surface area contributed by atoms with Crippen LogP contribution in [0.3, 0.4) is 0 Å². The third-order valence-electron chi connectivity index (χ3n) is 3.53. The van der Waals surface area contributed by atoms with E-state index in [1.54, 1.807) is 0 Å². The molecule has 3 N–H and O–H groups in total. The molecule has 0 fully saturated rings. The van der Waals surface area contributed by atoms with Crippen molar-refractivity contribution in [2.24, 2.45) is 5.73 Å². The van der Waals surface area contributed by atoms with Gasteiger partial charge in [0.25, 0.3) is 0 Å². The Balaban J connectivity index is 2.21. The first-order valence-corrected chi connectivity index (χ1v) is 6.84. The molecule has 2 atom stereocenters. The van der Waals surface area contributed by atoms with Gasteiger partial charge in [0.15, 0.2) is 0 Å². The minimum atomic E-state index is -0.662. The number of alkyl halides is 1. The molecule has 0 saturated heterocycles. The van der Waals surface area contributed by atoms with Crippen LogP contribution in [-0.2, 0) is 11.3 Å². The van der Waals surface area contributed by atoms with Crippen molar-refractivity contribution in [1.82, 2.24) is 0 Å². The van der Waals surface area contributed by atoms with Crippen molar-refractivity contribution in [2.45, 2.75) is 18.8 Å². The molecule has 0 aliphatic carbocycles. The first-order valence-electron chi connectivity index (χ1n) is 6.84. The SMILES string of the molecule is CO[C@H](c1ccc(-c2ccc(CO)cc2)cc1)[C@H](N)CF. The van der Waals surface area contributed by atoms with Gasteiger partial charge in [-0.1, -0.05) is 48.5 Å². The number of methoxy groups -OCH3 is 1. The van der Waals surface area contributed by atoms with Gasteiger partial charge < -0.3 is 15.6 Å². The van der Waals surface area contributed by atoms with Crippen LogP contribution in [0.5, 0.6) is 0 Å². The zero-order chi connectivity index (χ0) is 15.2. The molecule has 4 heteroatoms. The van der Waals surface area contributed by atoms with Gasteiger partial charge in [0.05, 0.1) is 18.8 Å². The van der Waals surface area contributed by atoms with Crippen LogP contribution >= 0.6 is 0 Å². The second-order valence-corrected chi connectivity index (χ2v) is 4.95. The van der Waals surface area contributed by atoms with Crippen LogP contribution in [0.2, 0.25) is 0 Å². The monoisotopic (exact) mass is 289 g/mol. The number of hydrogen-bond acceptors (Lipinski definition) is 3. The number of aliphatic hydroxyl groups excluding tert-OH is 1. The molecule has 0 saturated carbocycles. The molecule has 21 heavy (non-hydrogen) atoms. The minimum absolute atomic E-state index is 0.0376. The fourth-order valence-corrected chi connectivity index (χ4v) is 2.31. The second-order valence-electron chi connectivity index (χ2n) is 4.95. The van der Waals surface area contributed by atoms with E-state index in [1.165, 1.54) is 7.11 Å². The number of rotatable bonds is 6. The average Bonchev–Trinajstić information content (AvgIpc) is 2.56. The van der Waals surface area contributed by atoms with Gasteiger partial charge in [0.2, 0.25) is 0 Å². The Morgan fingerprint density at radius 1 is 1.05 bits per heavy atom. The van der Waals surface area contributed by atoms with E-state index in [9.17, 15) is 4.39 Å². The Hall–Kier alpha value is -1.75. The molecule has 0 aliphatic rings. The van der Waals surface area contributed by atoms with Gasteiger partial charge in [-0.25, -0.2) is 4.39 Å². The van der Waals surface area contributed by atoms with Gasteiger partial charge in [-0.15, -0.1) is 0 Å². The van der Waals surface area contributed by atoms with Crippen molar-refractivity contribution in [2.75, 3.05) is 13.8 Å². The third kappa shape index (κ3) is 3.67. The Morgan fingerprint density at radius 3 is 2.00 bits per heavy atom. The molecule has 0 heterocycles. The molecule has 0 bridgehead atoms. The predicted molar refractivity (Wildman–Crippen MR) is 81.5 cm³/mol. The Bertz CT molecular complexity index is 554. The number of hydrogen-bond donors (Lipinski definition) is 2. The minimum Gasteiger partial charge on any atom is -0.392 e. The highest BCUT2D eigenvalue weighted by Gasteiger charge is 2.19. The summed E-state index contributed by atoms with van der Waals surface area (Å²) in [5.74, 6) is 0. The lowest BCUT2D eigenvalue weighted by molar-refractivity contribution is 0.0721. The maximum Gasteiger partial charge on any atom is 0.107 e. The van der Waals surface area contributed by atoms with Crippen LogP contribution in [-0.4, -0.2) is 24.9 Å². The van der Waals surface area contributed by atoms with Gasteiger partial charge >= 0.3 is 0 Å². The van der Waals surface area contributed by atoms with Gasteiger partial charge in [-0.3, -0.25) is 0 Å². The smallest absolute Gasteiger partial charge is 0.107 e. The summed E-state index contributed by atoms with van der Waals surface area (Å²) in [6.07, 6.45) is -0.444. The molecule has 0 unspecified atom stereocenters. The third-order valence-corrected chi connectivity index (χ3v) is 3.53. The van der Waals surface area contributed by atoms with Gasteiger partial charge in [-0.05, 0) is 22.3 Å². The first kappa shape index (κ1) is 15.6. The quantitative estimate of drug-likeness (QED) is 0.859. The summed E-state index contributed by atoms with van der Waals surface area (Å²) < 4.78 is 18.0. The molecule has 0 amide bonds. The number of benzene rings is 2. The Kier molecular flexibility index (Phi) is 5.44. The van der Waals surface area contributed by atoms with E-state index in [0.29, 0.717) is 0 Å². The topological polar surface area (TPSA) is 55.5 Å². The lowest BCUT2D eigenvalue weighted by Gasteiger charge is -2.20. The Morgan fingerprint density at radius 2 is 1.57 bits per heavy atom. The highest BCUT2D eigenvalue weighted by molar-refractivity contribution is 5.64. The molecule has 2 rings (SSSR count). The number of ether oxygens (including phenoxy) is 1. The van der Waals surface area contributed by atoms with E-state index in [2.05, 4.69) is 0 Å². The number of halogens is 1. The van der Waals surface area contributed by atoms with Crippen molar-refractivity contribution in [3.05, 3.63) is 59.7 Å². The summed E-state index contributed by atoms with van der Waals surface area (Å²) in [5.41, 5.74) is 9.56.